The molecule has 0 aliphatic carbocycles. The van der Waals surface area contributed by atoms with E-state index >= 15 is 0 Å². The second-order valence-corrected chi connectivity index (χ2v) is 7.21. The lowest BCUT2D eigenvalue weighted by Gasteiger charge is -2.30. The third-order valence-electron chi connectivity index (χ3n) is 2.89. The molecule has 0 saturated heterocycles. The summed E-state index contributed by atoms with van der Waals surface area (Å²) in [7, 11) is -1.65. The Balaban J connectivity index is 4.50. The summed E-state index contributed by atoms with van der Waals surface area (Å²) in [6.07, 6.45) is 2.21. The summed E-state index contributed by atoms with van der Waals surface area (Å²) in [4.78, 5) is 17.9. The lowest BCUT2D eigenvalue weighted by atomic mass is 10.0. The quantitative estimate of drug-likeness (QED) is 0.392. The van der Waals surface area contributed by atoms with Gasteiger partial charge in [0.15, 0.2) is 5.78 Å². The molecule has 1 radical (unpaired) electrons. The van der Waals surface area contributed by atoms with E-state index in [1.807, 2.05) is 13.8 Å². The Morgan fingerprint density at radius 3 is 2.45 bits per heavy atom. The Hall–Kier alpha value is -0.540. The number of carbonyl (C=O) groups excluding carboxylic acids is 1. The van der Waals surface area contributed by atoms with Crippen LogP contribution in [0.5, 0.6) is 0 Å². The number of methoxy groups -OCH3 is 1. The minimum absolute atomic E-state index is 0.0459. The van der Waals surface area contributed by atoms with Crippen LogP contribution in [0.1, 0.15) is 26.7 Å². The highest BCUT2D eigenvalue weighted by molar-refractivity contribution is 7.88. The molecule has 7 nitrogen and oxygen atoms in total. The van der Waals surface area contributed by atoms with Crippen molar-refractivity contribution in [2.75, 3.05) is 39.7 Å². The van der Waals surface area contributed by atoms with Gasteiger partial charge in [-0.15, -0.1) is 0 Å². The standard InChI is InChI=1S/C14H29N2O5S/c1-6-9-16(13(11-20-4)14(17)12(2)3)21-10-7-8-15-22(5,18)19/h12-13,15H,1,6-11H2,2-5H3. The molecule has 0 rings (SSSR count). The number of Topliss-reactive ketones (excluding diaryl/α,β-unsaturated/α-hetero) is 1. The maximum absolute atomic E-state index is 12.3. The van der Waals surface area contributed by atoms with E-state index in [4.69, 9.17) is 9.57 Å². The Morgan fingerprint density at radius 1 is 1.36 bits per heavy atom. The molecule has 1 atom stereocenters. The van der Waals surface area contributed by atoms with Crippen molar-refractivity contribution < 1.29 is 22.8 Å². The van der Waals surface area contributed by atoms with Gasteiger partial charge in [0.25, 0.3) is 0 Å². The Morgan fingerprint density at radius 2 is 2.00 bits per heavy atom. The second-order valence-electron chi connectivity index (χ2n) is 5.38. The van der Waals surface area contributed by atoms with E-state index in [1.165, 1.54) is 0 Å². The van der Waals surface area contributed by atoms with E-state index < -0.39 is 16.1 Å². The largest absolute Gasteiger partial charge is 0.382 e. The number of ketones is 1. The first-order chi connectivity index (χ1) is 10.2. The first kappa shape index (κ1) is 21.5. The summed E-state index contributed by atoms with van der Waals surface area (Å²) in [5, 5.41) is 1.60. The molecule has 1 N–H and O–H groups in total. The molecule has 0 spiro atoms. The fourth-order valence-corrected chi connectivity index (χ4v) is 2.34. The molecule has 0 aromatic carbocycles. The van der Waals surface area contributed by atoms with Crippen molar-refractivity contribution in [1.82, 2.24) is 9.79 Å². The van der Waals surface area contributed by atoms with Gasteiger partial charge in [0.05, 0.1) is 19.5 Å². The van der Waals surface area contributed by atoms with Crippen LogP contribution in [0.3, 0.4) is 0 Å². The number of nitrogens with one attached hydrogen (secondary N) is 1. The second kappa shape index (κ2) is 11.1. The van der Waals surface area contributed by atoms with Gasteiger partial charge >= 0.3 is 0 Å². The van der Waals surface area contributed by atoms with Gasteiger partial charge in [0.1, 0.15) is 6.04 Å². The van der Waals surface area contributed by atoms with Crippen LogP contribution in [0.2, 0.25) is 0 Å². The summed E-state index contributed by atoms with van der Waals surface area (Å²) in [5.41, 5.74) is 0. The predicted octanol–water partition coefficient (Wildman–Crippen LogP) is 0.624. The van der Waals surface area contributed by atoms with Crippen LogP contribution in [-0.2, 0) is 24.4 Å². The highest BCUT2D eigenvalue weighted by Crippen LogP contribution is 2.10. The Kier molecular flexibility index (Phi) is 10.8. The van der Waals surface area contributed by atoms with E-state index in [0.717, 1.165) is 6.26 Å². The van der Waals surface area contributed by atoms with Gasteiger partial charge in [-0.3, -0.25) is 9.63 Å². The average Bonchev–Trinajstić information content (AvgIpc) is 2.41. The summed E-state index contributed by atoms with van der Waals surface area (Å²) >= 11 is 0. The molecule has 131 valence electrons. The number of ether oxygens (including phenoxy) is 1. The average molecular weight is 337 g/mol. The molecular formula is C14H29N2O5S. The maximum Gasteiger partial charge on any atom is 0.208 e. The fourth-order valence-electron chi connectivity index (χ4n) is 1.83. The van der Waals surface area contributed by atoms with Crippen molar-refractivity contribution in [1.29, 1.82) is 0 Å². The van der Waals surface area contributed by atoms with Gasteiger partial charge < -0.3 is 4.74 Å². The third-order valence-corrected chi connectivity index (χ3v) is 3.62. The molecule has 0 saturated carbocycles. The maximum atomic E-state index is 12.3. The first-order valence-corrected chi connectivity index (χ1v) is 9.28. The van der Waals surface area contributed by atoms with Crippen LogP contribution >= 0.6 is 0 Å². The molecule has 0 bridgehead atoms. The van der Waals surface area contributed by atoms with E-state index in [-0.39, 0.29) is 18.3 Å². The highest BCUT2D eigenvalue weighted by atomic mass is 32.2. The number of carbonyl (C=O) groups is 1. The van der Waals surface area contributed by atoms with E-state index in [2.05, 4.69) is 11.6 Å². The Bertz CT molecular complexity index is 411. The summed E-state index contributed by atoms with van der Waals surface area (Å²) in [6.45, 7) is 8.82. The monoisotopic (exact) mass is 337 g/mol. The molecule has 0 amide bonds. The van der Waals surface area contributed by atoms with Crippen LogP contribution in [0.15, 0.2) is 0 Å². The zero-order chi connectivity index (χ0) is 17.2. The SMILES string of the molecule is [CH2]CCN(OCCCNS(C)(=O)=O)C(COC)C(=O)C(C)C. The number of hydrogen-bond acceptors (Lipinski definition) is 6. The summed E-state index contributed by atoms with van der Waals surface area (Å²) < 4.78 is 29.4. The van der Waals surface area contributed by atoms with Crippen molar-refractivity contribution in [3.8, 4) is 0 Å². The molecular weight excluding hydrogens is 308 g/mol. The molecule has 0 aliphatic heterocycles. The van der Waals surface area contributed by atoms with Gasteiger partial charge in [-0.05, 0) is 12.8 Å². The molecule has 0 fully saturated rings. The molecule has 0 heterocycles. The smallest absolute Gasteiger partial charge is 0.208 e. The van der Waals surface area contributed by atoms with Crippen LogP contribution in [0, 0.1) is 12.8 Å². The van der Waals surface area contributed by atoms with E-state index in [9.17, 15) is 13.2 Å². The number of nitrogens with zero attached hydrogens (tertiary/aromatic N) is 1. The number of hydrogen-bond donors (Lipinski definition) is 1. The zero-order valence-electron chi connectivity index (χ0n) is 14.0. The van der Waals surface area contributed by atoms with Crippen LogP contribution in [-0.4, -0.2) is 65.0 Å². The van der Waals surface area contributed by atoms with Crippen LogP contribution in [0.25, 0.3) is 0 Å². The zero-order valence-corrected chi connectivity index (χ0v) is 14.8. The minimum atomic E-state index is -3.19. The van der Waals surface area contributed by atoms with Crippen molar-refractivity contribution in [3.63, 3.8) is 0 Å². The molecule has 0 aromatic rings. The molecule has 0 aliphatic rings. The summed E-state index contributed by atoms with van der Waals surface area (Å²) in [6, 6.07) is -0.477. The van der Waals surface area contributed by atoms with Crippen molar-refractivity contribution >= 4 is 15.8 Å². The lowest BCUT2D eigenvalue weighted by Crippen LogP contribution is -2.46. The third kappa shape index (κ3) is 9.47. The van der Waals surface area contributed by atoms with Crippen molar-refractivity contribution in [2.24, 2.45) is 5.92 Å². The van der Waals surface area contributed by atoms with Gasteiger partial charge in [0, 0.05) is 26.1 Å². The minimum Gasteiger partial charge on any atom is -0.382 e. The number of hydroxylamine groups is 2. The van der Waals surface area contributed by atoms with Crippen LogP contribution < -0.4 is 4.72 Å². The van der Waals surface area contributed by atoms with Crippen molar-refractivity contribution in [2.45, 2.75) is 32.7 Å². The fraction of sp³-hybridized carbons (Fsp3) is 0.857. The van der Waals surface area contributed by atoms with Gasteiger partial charge in [0.2, 0.25) is 10.0 Å². The number of sulfonamides is 1. The molecule has 0 aromatic heterocycles. The van der Waals surface area contributed by atoms with E-state index in [1.54, 1.807) is 12.2 Å². The van der Waals surface area contributed by atoms with Crippen LogP contribution in [0.4, 0.5) is 0 Å². The predicted molar refractivity (Wildman–Crippen MR) is 85.6 cm³/mol. The highest BCUT2D eigenvalue weighted by Gasteiger charge is 2.28. The first-order valence-electron chi connectivity index (χ1n) is 7.39. The van der Waals surface area contributed by atoms with Crippen molar-refractivity contribution in [3.05, 3.63) is 6.92 Å². The molecule has 8 heteroatoms. The lowest BCUT2D eigenvalue weighted by molar-refractivity contribution is -0.198. The normalized spacial score (nSPS) is 13.8. The Labute approximate surface area is 134 Å². The topological polar surface area (TPSA) is 84.9 Å². The summed E-state index contributed by atoms with van der Waals surface area (Å²) in [5.74, 6) is -0.0764. The van der Waals surface area contributed by atoms with Gasteiger partial charge in [-0.1, -0.05) is 20.8 Å². The molecule has 22 heavy (non-hydrogen) atoms. The van der Waals surface area contributed by atoms with Gasteiger partial charge in [-0.2, -0.15) is 5.06 Å². The van der Waals surface area contributed by atoms with E-state index in [0.29, 0.717) is 32.5 Å². The number of rotatable bonds is 13. The van der Waals surface area contributed by atoms with Gasteiger partial charge in [-0.25, -0.2) is 13.1 Å². The molecule has 1 unspecified atom stereocenters.